The number of carbonyl (C=O) groups is 1. The molecule has 0 spiro atoms. The third-order valence-electron chi connectivity index (χ3n) is 4.31. The smallest absolute Gasteiger partial charge is 0.311 e. The summed E-state index contributed by atoms with van der Waals surface area (Å²) < 4.78 is 0.770. The first kappa shape index (κ1) is 16.0. The average molecular weight is 404 g/mol. The number of carboxylic acid groups (broad SMARTS) is 1. The van der Waals surface area contributed by atoms with Gasteiger partial charge in [-0.15, -0.1) is 0 Å². The number of nitro benzene ring substituents is 1. The summed E-state index contributed by atoms with van der Waals surface area (Å²) in [5, 5.41) is 20.3. The number of anilines is 1. The molecule has 1 aromatic rings. The van der Waals surface area contributed by atoms with E-state index in [0.29, 0.717) is 19.5 Å². The van der Waals surface area contributed by atoms with Crippen LogP contribution in [0.4, 0.5) is 11.4 Å². The number of hydrogen-bond donors (Lipinski definition) is 1. The van der Waals surface area contributed by atoms with Crippen LogP contribution >= 0.6 is 22.6 Å². The van der Waals surface area contributed by atoms with Crippen molar-refractivity contribution in [1.29, 1.82) is 0 Å². The normalized spacial score (nSPS) is 21.8. The Morgan fingerprint density at radius 2 is 2.19 bits per heavy atom. The average Bonchev–Trinajstić information content (AvgIpc) is 2.84. The lowest BCUT2D eigenvalue weighted by Gasteiger charge is -2.29. The number of carboxylic acids is 1. The molecule has 1 N–H and O–H groups in total. The van der Waals surface area contributed by atoms with Crippen LogP contribution in [-0.4, -0.2) is 29.1 Å². The van der Waals surface area contributed by atoms with Gasteiger partial charge in [0.15, 0.2) is 0 Å². The van der Waals surface area contributed by atoms with E-state index in [2.05, 4.69) is 22.6 Å². The fourth-order valence-electron chi connectivity index (χ4n) is 2.80. The van der Waals surface area contributed by atoms with Crippen LogP contribution in [0.2, 0.25) is 0 Å². The third-order valence-corrected chi connectivity index (χ3v) is 5.18. The summed E-state index contributed by atoms with van der Waals surface area (Å²) in [7, 11) is 0. The van der Waals surface area contributed by atoms with E-state index >= 15 is 0 Å². The first-order valence-corrected chi connectivity index (χ1v) is 7.78. The second kappa shape index (κ2) is 5.78. The van der Waals surface area contributed by atoms with Crippen molar-refractivity contribution in [3.63, 3.8) is 0 Å². The quantitative estimate of drug-likeness (QED) is 0.474. The number of halogens is 1. The van der Waals surface area contributed by atoms with Gasteiger partial charge in [0.2, 0.25) is 0 Å². The minimum Gasteiger partial charge on any atom is -0.481 e. The lowest BCUT2D eigenvalue weighted by Crippen LogP contribution is -2.39. The van der Waals surface area contributed by atoms with Crippen molar-refractivity contribution in [1.82, 2.24) is 0 Å². The number of hydrogen-bond acceptors (Lipinski definition) is 4. The lowest BCUT2D eigenvalue weighted by atomic mass is 9.76. The molecule has 1 atom stereocenters. The highest BCUT2D eigenvalue weighted by molar-refractivity contribution is 14.1. The van der Waals surface area contributed by atoms with Crippen LogP contribution in [0.5, 0.6) is 0 Å². The Hall–Kier alpha value is -1.38. The van der Waals surface area contributed by atoms with Crippen LogP contribution in [0.15, 0.2) is 18.2 Å². The van der Waals surface area contributed by atoms with Crippen LogP contribution in [-0.2, 0) is 4.79 Å². The van der Waals surface area contributed by atoms with Crippen molar-refractivity contribution >= 4 is 39.9 Å². The fraction of sp³-hybridized carbons (Fsp3) is 0.500. The molecule has 1 unspecified atom stereocenters. The number of benzene rings is 1. The number of nitrogens with zero attached hydrogens (tertiary/aromatic N) is 2. The van der Waals surface area contributed by atoms with E-state index in [9.17, 15) is 20.0 Å². The molecule has 0 saturated carbocycles. The molecule has 1 fully saturated rings. The summed E-state index contributed by atoms with van der Waals surface area (Å²) in [5.74, 6) is -0.729. The summed E-state index contributed by atoms with van der Waals surface area (Å²) in [6.45, 7) is 4.95. The van der Waals surface area contributed by atoms with Gasteiger partial charge in [-0.1, -0.05) is 13.8 Å². The number of rotatable bonds is 4. The molecule has 21 heavy (non-hydrogen) atoms. The van der Waals surface area contributed by atoms with Gasteiger partial charge in [0, 0.05) is 28.8 Å². The van der Waals surface area contributed by atoms with Gasteiger partial charge < -0.3 is 10.0 Å². The summed E-state index contributed by atoms with van der Waals surface area (Å²) >= 11 is 2.06. The number of nitro groups is 1. The maximum absolute atomic E-state index is 11.7. The predicted octanol–water partition coefficient (Wildman–Crippen LogP) is 3.14. The Morgan fingerprint density at radius 1 is 1.52 bits per heavy atom. The van der Waals surface area contributed by atoms with Crippen LogP contribution < -0.4 is 4.90 Å². The molecule has 0 aromatic heterocycles. The largest absolute Gasteiger partial charge is 0.481 e. The molecule has 1 aliphatic heterocycles. The first-order chi connectivity index (χ1) is 9.78. The van der Waals surface area contributed by atoms with Crippen molar-refractivity contribution in [2.24, 2.45) is 11.3 Å². The van der Waals surface area contributed by atoms with Crippen molar-refractivity contribution in [3.05, 3.63) is 31.9 Å². The highest BCUT2D eigenvalue weighted by Crippen LogP contribution is 2.41. The minimum absolute atomic E-state index is 0.0377. The molecule has 0 amide bonds. The molecular formula is C14H17IN2O4. The summed E-state index contributed by atoms with van der Waals surface area (Å²) in [5.41, 5.74) is 0.172. The summed E-state index contributed by atoms with van der Waals surface area (Å²) in [6, 6.07) is 4.69. The Bertz CT molecular complexity index is 590. The van der Waals surface area contributed by atoms with E-state index in [0.717, 1.165) is 9.26 Å². The number of aliphatic carboxylic acids is 1. The van der Waals surface area contributed by atoms with Gasteiger partial charge in [0.05, 0.1) is 16.0 Å². The van der Waals surface area contributed by atoms with Crippen LogP contribution in [0.25, 0.3) is 0 Å². The first-order valence-electron chi connectivity index (χ1n) is 6.70. The molecule has 1 saturated heterocycles. The summed E-state index contributed by atoms with van der Waals surface area (Å²) in [6.07, 6.45) is 0.590. The monoisotopic (exact) mass is 404 g/mol. The zero-order valence-corrected chi connectivity index (χ0v) is 14.0. The predicted molar refractivity (Wildman–Crippen MR) is 87.6 cm³/mol. The third kappa shape index (κ3) is 2.83. The topological polar surface area (TPSA) is 83.7 Å². The van der Waals surface area contributed by atoms with E-state index in [4.69, 9.17) is 0 Å². The molecule has 0 aliphatic carbocycles. The fourth-order valence-corrected chi connectivity index (χ4v) is 3.64. The molecule has 7 heteroatoms. The van der Waals surface area contributed by atoms with Gasteiger partial charge in [-0.3, -0.25) is 14.9 Å². The van der Waals surface area contributed by atoms with Gasteiger partial charge in [-0.25, -0.2) is 0 Å². The van der Waals surface area contributed by atoms with E-state index in [1.807, 2.05) is 18.7 Å². The molecule has 0 radical (unpaired) electrons. The molecule has 0 bridgehead atoms. The molecule has 114 valence electrons. The lowest BCUT2D eigenvalue weighted by molar-refractivity contribution is -0.384. The van der Waals surface area contributed by atoms with Gasteiger partial charge in [0.25, 0.3) is 5.69 Å². The molecule has 1 heterocycles. The summed E-state index contributed by atoms with van der Waals surface area (Å²) in [4.78, 5) is 24.0. The highest BCUT2D eigenvalue weighted by atomic mass is 127. The number of non-ortho nitro benzene ring substituents is 1. The van der Waals surface area contributed by atoms with Gasteiger partial charge in [-0.2, -0.15) is 0 Å². The Morgan fingerprint density at radius 3 is 2.62 bits per heavy atom. The Balaban J connectivity index is 2.29. The molecule has 6 nitrogen and oxygen atoms in total. The zero-order chi connectivity index (χ0) is 15.8. The highest BCUT2D eigenvalue weighted by Gasteiger charge is 2.47. The van der Waals surface area contributed by atoms with Gasteiger partial charge in [-0.05, 0) is 41.0 Å². The zero-order valence-electron chi connectivity index (χ0n) is 11.9. The van der Waals surface area contributed by atoms with Gasteiger partial charge in [0.1, 0.15) is 0 Å². The van der Waals surface area contributed by atoms with Crippen molar-refractivity contribution in [2.75, 3.05) is 18.0 Å². The maximum atomic E-state index is 11.7. The Labute approximate surface area is 136 Å². The molecule has 2 rings (SSSR count). The van der Waals surface area contributed by atoms with E-state index in [1.165, 1.54) is 12.1 Å². The van der Waals surface area contributed by atoms with E-state index in [-0.39, 0.29) is 11.6 Å². The van der Waals surface area contributed by atoms with Crippen LogP contribution in [0, 0.1) is 25.0 Å². The van der Waals surface area contributed by atoms with Gasteiger partial charge >= 0.3 is 5.97 Å². The molecule has 1 aliphatic rings. The second-order valence-electron chi connectivity index (χ2n) is 5.68. The van der Waals surface area contributed by atoms with E-state index < -0.39 is 16.3 Å². The molecular weight excluding hydrogens is 387 g/mol. The Kier molecular flexibility index (Phi) is 4.40. The van der Waals surface area contributed by atoms with E-state index in [1.54, 1.807) is 6.07 Å². The maximum Gasteiger partial charge on any atom is 0.311 e. The van der Waals surface area contributed by atoms with Crippen molar-refractivity contribution in [2.45, 2.75) is 20.3 Å². The standard InChI is InChI=1S/C14H17IN2O4/c1-9(2)14(13(18)19)5-6-16(8-14)12-4-3-10(17(20)21)7-11(12)15/h3-4,7,9H,5-6,8H2,1-2H3,(H,18,19). The van der Waals surface area contributed by atoms with Crippen LogP contribution in [0.3, 0.4) is 0 Å². The van der Waals surface area contributed by atoms with Crippen molar-refractivity contribution in [3.8, 4) is 0 Å². The molecule has 1 aromatic carbocycles. The van der Waals surface area contributed by atoms with Crippen LogP contribution in [0.1, 0.15) is 20.3 Å². The minimum atomic E-state index is -0.767. The van der Waals surface area contributed by atoms with Crippen molar-refractivity contribution < 1.29 is 14.8 Å². The second-order valence-corrected chi connectivity index (χ2v) is 6.84. The SMILES string of the molecule is CC(C)C1(C(=O)O)CCN(c2ccc([N+](=O)[O-])cc2I)C1.